The number of ether oxygens (including phenoxy) is 1. The van der Waals surface area contributed by atoms with Crippen LogP contribution in [0, 0.1) is 13.8 Å². The number of rotatable bonds is 2. The predicted molar refractivity (Wildman–Crippen MR) is 141 cm³/mol. The lowest BCUT2D eigenvalue weighted by Crippen LogP contribution is -2.34. The summed E-state index contributed by atoms with van der Waals surface area (Å²) in [6.07, 6.45) is 0.553. The second-order valence-electron chi connectivity index (χ2n) is 8.84. The molecule has 0 saturated heterocycles. The summed E-state index contributed by atoms with van der Waals surface area (Å²) in [4.78, 5) is 0. The fourth-order valence-electron chi connectivity index (χ4n) is 4.97. The van der Waals surface area contributed by atoms with Crippen molar-refractivity contribution >= 4 is 48.3 Å². The molecule has 0 bridgehead atoms. The first-order valence-corrected chi connectivity index (χ1v) is 12.6. The molecule has 5 heteroatoms. The van der Waals surface area contributed by atoms with Gasteiger partial charge >= 0.3 is 0 Å². The molecule has 0 spiro atoms. The molecule has 164 valence electrons. The van der Waals surface area contributed by atoms with E-state index in [4.69, 9.17) is 9.84 Å². The Labute approximate surface area is 210 Å². The summed E-state index contributed by atoms with van der Waals surface area (Å²) in [5.41, 5.74) is 7.01. The van der Waals surface area contributed by atoms with Crippen LogP contribution in [0.2, 0.25) is 0 Å². The normalized spacial score (nSPS) is 19.2. The number of nitrogens with zero attached hydrogens (tertiary/aromatic N) is 2. The van der Waals surface area contributed by atoms with Gasteiger partial charge < -0.3 is 4.74 Å². The van der Waals surface area contributed by atoms with Gasteiger partial charge in [0.2, 0.25) is 6.23 Å². The lowest BCUT2D eigenvalue weighted by atomic mass is 9.94. The molecule has 6 rings (SSSR count). The predicted octanol–water partition coefficient (Wildman–Crippen LogP) is 8.22. The summed E-state index contributed by atoms with van der Waals surface area (Å²) in [7, 11) is 0. The van der Waals surface area contributed by atoms with Crippen LogP contribution >= 0.6 is 31.9 Å². The molecule has 4 aromatic carbocycles. The molecule has 0 aromatic heterocycles. The quantitative estimate of drug-likeness (QED) is 0.246. The molecule has 4 aromatic rings. The minimum Gasteiger partial charge on any atom is -0.463 e. The standard InChI is InChI=1S/C28H22Br2N2O/c1-16-7-10-22(17(2)11-16)28-32-26(23-13-21(29)14-24(30)27(23)33-28)15-25(31-32)20-9-8-18-5-3-4-6-19(18)12-20/h3-14,26,28H,15H2,1-2H3. The summed E-state index contributed by atoms with van der Waals surface area (Å²) in [6, 6.07) is 25.9. The van der Waals surface area contributed by atoms with Gasteiger partial charge in [-0.05, 0) is 69.9 Å². The van der Waals surface area contributed by atoms with Crippen molar-refractivity contribution in [3.05, 3.63) is 110 Å². The van der Waals surface area contributed by atoms with Crippen molar-refractivity contribution in [3.8, 4) is 5.75 Å². The summed E-state index contributed by atoms with van der Waals surface area (Å²) < 4.78 is 8.63. The zero-order valence-electron chi connectivity index (χ0n) is 18.3. The Morgan fingerprint density at radius 1 is 0.879 bits per heavy atom. The maximum atomic E-state index is 6.64. The van der Waals surface area contributed by atoms with Gasteiger partial charge in [0.1, 0.15) is 5.75 Å². The summed E-state index contributed by atoms with van der Waals surface area (Å²) >= 11 is 7.40. The van der Waals surface area contributed by atoms with Crippen LogP contribution in [0.25, 0.3) is 10.8 Å². The Morgan fingerprint density at radius 2 is 1.70 bits per heavy atom. The highest BCUT2D eigenvalue weighted by Gasteiger charge is 2.42. The second kappa shape index (κ2) is 8.00. The Balaban J connectivity index is 1.49. The maximum Gasteiger partial charge on any atom is 0.214 e. The molecule has 33 heavy (non-hydrogen) atoms. The summed E-state index contributed by atoms with van der Waals surface area (Å²) in [6.45, 7) is 4.27. The zero-order chi connectivity index (χ0) is 22.7. The van der Waals surface area contributed by atoms with Crippen molar-refractivity contribution in [2.24, 2.45) is 5.10 Å². The van der Waals surface area contributed by atoms with Crippen molar-refractivity contribution in [2.75, 3.05) is 0 Å². The average molecular weight is 562 g/mol. The van der Waals surface area contributed by atoms with Gasteiger partial charge in [0.25, 0.3) is 0 Å². The van der Waals surface area contributed by atoms with Gasteiger partial charge in [-0.2, -0.15) is 5.10 Å². The van der Waals surface area contributed by atoms with E-state index < -0.39 is 0 Å². The van der Waals surface area contributed by atoms with Crippen LogP contribution in [0.3, 0.4) is 0 Å². The molecule has 2 heterocycles. The van der Waals surface area contributed by atoms with E-state index in [2.05, 4.69) is 117 Å². The van der Waals surface area contributed by atoms with Crippen LogP contribution in [0.1, 0.15) is 46.5 Å². The SMILES string of the molecule is Cc1ccc(C2Oc3c(Br)cc(Br)cc3C3CC(c4ccc5ccccc5c4)=NN32)c(C)c1. The van der Waals surface area contributed by atoms with Crippen molar-refractivity contribution in [3.63, 3.8) is 0 Å². The lowest BCUT2D eigenvalue weighted by Gasteiger charge is -2.39. The van der Waals surface area contributed by atoms with Crippen LogP contribution in [0.15, 0.2) is 86.8 Å². The van der Waals surface area contributed by atoms with Gasteiger partial charge in [0.15, 0.2) is 0 Å². The second-order valence-corrected chi connectivity index (χ2v) is 10.6. The third-order valence-corrected chi connectivity index (χ3v) is 7.63. The van der Waals surface area contributed by atoms with E-state index in [1.807, 2.05) is 6.07 Å². The van der Waals surface area contributed by atoms with Gasteiger partial charge in [-0.15, -0.1) is 0 Å². The van der Waals surface area contributed by atoms with Crippen molar-refractivity contribution in [1.82, 2.24) is 5.01 Å². The van der Waals surface area contributed by atoms with Crippen molar-refractivity contribution in [2.45, 2.75) is 32.5 Å². The zero-order valence-corrected chi connectivity index (χ0v) is 21.5. The Bertz CT molecular complexity index is 1450. The highest BCUT2D eigenvalue weighted by molar-refractivity contribution is 9.11. The molecule has 0 radical (unpaired) electrons. The number of hydrogen-bond acceptors (Lipinski definition) is 3. The average Bonchev–Trinajstić information content (AvgIpc) is 3.25. The highest BCUT2D eigenvalue weighted by Crippen LogP contribution is 2.51. The highest BCUT2D eigenvalue weighted by atomic mass is 79.9. The minimum absolute atomic E-state index is 0.106. The van der Waals surface area contributed by atoms with Gasteiger partial charge in [-0.25, -0.2) is 5.01 Å². The van der Waals surface area contributed by atoms with Crippen LogP contribution < -0.4 is 4.74 Å². The molecule has 0 amide bonds. The van der Waals surface area contributed by atoms with E-state index in [1.54, 1.807) is 0 Å². The van der Waals surface area contributed by atoms with Gasteiger partial charge in [-0.1, -0.05) is 76.1 Å². The maximum absolute atomic E-state index is 6.64. The smallest absolute Gasteiger partial charge is 0.214 e. The van der Waals surface area contributed by atoms with E-state index in [1.165, 1.54) is 21.9 Å². The monoisotopic (exact) mass is 560 g/mol. The van der Waals surface area contributed by atoms with E-state index >= 15 is 0 Å². The minimum atomic E-state index is -0.279. The first-order valence-electron chi connectivity index (χ1n) is 11.1. The van der Waals surface area contributed by atoms with Gasteiger partial charge in [-0.3, -0.25) is 0 Å². The van der Waals surface area contributed by atoms with Crippen LogP contribution in [-0.4, -0.2) is 10.7 Å². The largest absolute Gasteiger partial charge is 0.463 e. The molecular weight excluding hydrogens is 540 g/mol. The molecule has 0 aliphatic carbocycles. The fraction of sp³-hybridized carbons (Fsp3) is 0.179. The molecule has 2 atom stereocenters. The molecule has 2 aliphatic heterocycles. The van der Waals surface area contributed by atoms with Crippen LogP contribution in [-0.2, 0) is 0 Å². The van der Waals surface area contributed by atoms with E-state index in [9.17, 15) is 0 Å². The van der Waals surface area contributed by atoms with E-state index in [0.717, 1.165) is 43.5 Å². The molecule has 0 fully saturated rings. The number of benzene rings is 4. The first-order chi connectivity index (χ1) is 16.0. The van der Waals surface area contributed by atoms with Crippen LogP contribution in [0.5, 0.6) is 5.75 Å². The fourth-order valence-corrected chi connectivity index (χ4v) is 6.32. The number of fused-ring (bicyclic) bond motifs is 4. The summed E-state index contributed by atoms with van der Waals surface area (Å²) in [5.74, 6) is 0.902. The molecule has 2 aliphatic rings. The first kappa shape index (κ1) is 20.9. The van der Waals surface area contributed by atoms with E-state index in [-0.39, 0.29) is 12.3 Å². The van der Waals surface area contributed by atoms with Gasteiger partial charge in [0, 0.05) is 22.0 Å². The Hall–Kier alpha value is -2.63. The number of hydrazone groups is 1. The molecule has 0 saturated carbocycles. The number of aryl methyl sites for hydroxylation is 2. The third kappa shape index (κ3) is 3.58. The Morgan fingerprint density at radius 3 is 2.52 bits per heavy atom. The topological polar surface area (TPSA) is 24.8 Å². The Kier molecular flexibility index (Phi) is 5.07. The van der Waals surface area contributed by atoms with Crippen molar-refractivity contribution in [1.29, 1.82) is 0 Å². The molecule has 0 N–H and O–H groups in total. The van der Waals surface area contributed by atoms with Gasteiger partial charge in [0.05, 0.1) is 16.2 Å². The molecular formula is C28H22Br2N2O. The van der Waals surface area contributed by atoms with Crippen molar-refractivity contribution < 1.29 is 4.74 Å². The summed E-state index contributed by atoms with van der Waals surface area (Å²) in [5, 5.41) is 9.79. The number of halogens is 2. The third-order valence-electron chi connectivity index (χ3n) is 6.58. The number of hydrogen-bond donors (Lipinski definition) is 0. The van der Waals surface area contributed by atoms with Crippen LogP contribution in [0.4, 0.5) is 0 Å². The molecule has 2 unspecified atom stereocenters. The lowest BCUT2D eigenvalue weighted by molar-refractivity contribution is -0.0201. The van der Waals surface area contributed by atoms with E-state index in [0.29, 0.717) is 0 Å². The molecule has 3 nitrogen and oxygen atoms in total.